The van der Waals surface area contributed by atoms with Gasteiger partial charge in [-0.3, -0.25) is 9.36 Å². The van der Waals surface area contributed by atoms with Gasteiger partial charge in [-0.25, -0.2) is 9.97 Å². The first-order valence-corrected chi connectivity index (χ1v) is 8.65. The average molecular weight is 348 g/mol. The minimum atomic E-state index is 0.0213. The molecule has 0 radical (unpaired) electrons. The smallest absolute Gasteiger partial charge is 0.255 e. The maximum Gasteiger partial charge on any atom is 0.255 e. The number of hydrogen-bond acceptors (Lipinski definition) is 4. The number of hydrogen-bond donors (Lipinski definition) is 0. The van der Waals surface area contributed by atoms with Crippen LogP contribution in [0.1, 0.15) is 34.8 Å². The fraction of sp³-hybridized carbons (Fsp3) is 0.250. The standard InChI is InChI=1S/C20H20N4O2/c1-26-17-7-4-15(5-8-17)18-3-2-11-24(18)20(25)16-6-9-19(22-13-16)23-12-10-21-14-23/h4-10,12-14,18H,2-3,11H2,1H3. The number of aromatic nitrogens is 3. The summed E-state index contributed by atoms with van der Waals surface area (Å²) in [6, 6.07) is 11.7. The molecule has 1 fully saturated rings. The predicted molar refractivity (Wildman–Crippen MR) is 97.4 cm³/mol. The number of ether oxygens (including phenoxy) is 1. The van der Waals surface area contributed by atoms with Crippen molar-refractivity contribution in [3.05, 3.63) is 72.4 Å². The van der Waals surface area contributed by atoms with Crippen molar-refractivity contribution in [1.82, 2.24) is 19.4 Å². The van der Waals surface area contributed by atoms with E-state index in [0.29, 0.717) is 5.56 Å². The topological polar surface area (TPSA) is 60.2 Å². The van der Waals surface area contributed by atoms with Gasteiger partial charge in [-0.15, -0.1) is 0 Å². The van der Waals surface area contributed by atoms with Crippen LogP contribution in [0.4, 0.5) is 0 Å². The molecule has 1 unspecified atom stereocenters. The van der Waals surface area contributed by atoms with Crippen LogP contribution in [0.3, 0.4) is 0 Å². The molecule has 1 aliphatic heterocycles. The molecule has 3 aromatic rings. The summed E-state index contributed by atoms with van der Waals surface area (Å²) in [5, 5.41) is 0. The Kier molecular flexibility index (Phi) is 4.39. The molecule has 1 aromatic carbocycles. The van der Waals surface area contributed by atoms with Crippen LogP contribution in [-0.4, -0.2) is 39.0 Å². The van der Waals surface area contributed by atoms with Crippen LogP contribution >= 0.6 is 0 Å². The normalized spacial score (nSPS) is 16.7. The largest absolute Gasteiger partial charge is 0.497 e. The number of carbonyl (C=O) groups is 1. The van der Waals surface area contributed by atoms with Gasteiger partial charge in [0.1, 0.15) is 17.9 Å². The fourth-order valence-corrected chi connectivity index (χ4v) is 3.41. The van der Waals surface area contributed by atoms with Crippen molar-refractivity contribution in [3.63, 3.8) is 0 Å². The lowest BCUT2D eigenvalue weighted by Crippen LogP contribution is -2.30. The highest BCUT2D eigenvalue weighted by Gasteiger charge is 2.30. The third kappa shape index (κ3) is 3.06. The van der Waals surface area contributed by atoms with Gasteiger partial charge < -0.3 is 9.64 Å². The van der Waals surface area contributed by atoms with E-state index in [1.165, 1.54) is 0 Å². The summed E-state index contributed by atoms with van der Waals surface area (Å²) in [4.78, 5) is 23.3. The van der Waals surface area contributed by atoms with Crippen LogP contribution in [0.5, 0.6) is 5.75 Å². The van der Waals surface area contributed by atoms with Gasteiger partial charge >= 0.3 is 0 Å². The second-order valence-corrected chi connectivity index (χ2v) is 6.30. The zero-order chi connectivity index (χ0) is 17.9. The Bertz CT molecular complexity index is 873. The molecule has 0 bridgehead atoms. The zero-order valence-electron chi connectivity index (χ0n) is 14.6. The van der Waals surface area contributed by atoms with E-state index in [4.69, 9.17) is 4.74 Å². The van der Waals surface area contributed by atoms with Crippen LogP contribution in [0.2, 0.25) is 0 Å². The molecule has 6 heteroatoms. The van der Waals surface area contributed by atoms with Crippen molar-refractivity contribution in [2.75, 3.05) is 13.7 Å². The van der Waals surface area contributed by atoms with E-state index in [9.17, 15) is 4.79 Å². The van der Waals surface area contributed by atoms with Gasteiger partial charge in [0.25, 0.3) is 5.91 Å². The highest BCUT2D eigenvalue weighted by Crippen LogP contribution is 2.33. The summed E-state index contributed by atoms with van der Waals surface area (Å²) in [7, 11) is 1.65. The number of likely N-dealkylation sites (tertiary alicyclic amines) is 1. The Labute approximate surface area is 152 Å². The van der Waals surface area contributed by atoms with Gasteiger partial charge in [-0.1, -0.05) is 12.1 Å². The molecular formula is C20H20N4O2. The van der Waals surface area contributed by atoms with Gasteiger partial charge in [0.2, 0.25) is 0 Å². The summed E-state index contributed by atoms with van der Waals surface area (Å²) in [6.07, 6.45) is 8.82. The minimum absolute atomic E-state index is 0.0213. The molecule has 2 aromatic heterocycles. The van der Waals surface area contributed by atoms with Crippen LogP contribution in [0.25, 0.3) is 5.82 Å². The first-order valence-electron chi connectivity index (χ1n) is 8.65. The van der Waals surface area contributed by atoms with Gasteiger partial charge in [0.05, 0.1) is 18.7 Å². The second-order valence-electron chi connectivity index (χ2n) is 6.30. The van der Waals surface area contributed by atoms with Gasteiger partial charge in [0.15, 0.2) is 0 Å². The third-order valence-electron chi connectivity index (χ3n) is 4.78. The molecule has 1 atom stereocenters. The van der Waals surface area contributed by atoms with Crippen LogP contribution in [0, 0.1) is 0 Å². The fourth-order valence-electron chi connectivity index (χ4n) is 3.41. The lowest BCUT2D eigenvalue weighted by atomic mass is 10.0. The summed E-state index contributed by atoms with van der Waals surface area (Å²) in [6.45, 7) is 0.763. The van der Waals surface area contributed by atoms with Crippen molar-refractivity contribution in [3.8, 4) is 11.6 Å². The van der Waals surface area contributed by atoms with E-state index in [-0.39, 0.29) is 11.9 Å². The van der Waals surface area contributed by atoms with Gasteiger partial charge in [-0.05, 0) is 42.7 Å². The number of pyridine rings is 1. The Morgan fingerprint density at radius 1 is 1.19 bits per heavy atom. The van der Waals surface area contributed by atoms with Crippen molar-refractivity contribution >= 4 is 5.91 Å². The first-order chi connectivity index (χ1) is 12.8. The predicted octanol–water partition coefficient (Wildman–Crippen LogP) is 3.25. The molecule has 26 heavy (non-hydrogen) atoms. The molecule has 3 heterocycles. The van der Waals surface area contributed by atoms with Crippen LogP contribution < -0.4 is 4.74 Å². The first kappa shape index (κ1) is 16.3. The van der Waals surface area contributed by atoms with Crippen LogP contribution in [-0.2, 0) is 0 Å². The average Bonchev–Trinajstić information content (AvgIpc) is 3.40. The maximum absolute atomic E-state index is 13.0. The van der Waals surface area contributed by atoms with E-state index >= 15 is 0 Å². The van der Waals surface area contributed by atoms with Gasteiger partial charge in [-0.2, -0.15) is 0 Å². The lowest BCUT2D eigenvalue weighted by Gasteiger charge is -2.25. The molecule has 0 aliphatic carbocycles. The van der Waals surface area contributed by atoms with Crippen molar-refractivity contribution < 1.29 is 9.53 Å². The van der Waals surface area contributed by atoms with E-state index < -0.39 is 0 Å². The molecule has 6 nitrogen and oxygen atoms in total. The Morgan fingerprint density at radius 3 is 2.69 bits per heavy atom. The number of benzene rings is 1. The van der Waals surface area contributed by atoms with Crippen molar-refractivity contribution in [2.24, 2.45) is 0 Å². The minimum Gasteiger partial charge on any atom is -0.497 e. The molecule has 0 spiro atoms. The summed E-state index contributed by atoms with van der Waals surface area (Å²) in [5.74, 6) is 1.59. The summed E-state index contributed by atoms with van der Waals surface area (Å²) >= 11 is 0. The molecule has 132 valence electrons. The lowest BCUT2D eigenvalue weighted by molar-refractivity contribution is 0.0735. The second kappa shape index (κ2) is 7.00. The highest BCUT2D eigenvalue weighted by atomic mass is 16.5. The molecule has 1 aliphatic rings. The monoisotopic (exact) mass is 348 g/mol. The zero-order valence-corrected chi connectivity index (χ0v) is 14.6. The summed E-state index contributed by atoms with van der Waals surface area (Å²) < 4.78 is 7.03. The molecule has 0 saturated carbocycles. The van der Waals surface area contributed by atoms with Crippen molar-refractivity contribution in [1.29, 1.82) is 0 Å². The number of methoxy groups -OCH3 is 1. The molecule has 1 amide bonds. The third-order valence-corrected chi connectivity index (χ3v) is 4.78. The number of imidazole rings is 1. The van der Waals surface area contributed by atoms with Gasteiger partial charge in [0, 0.05) is 25.1 Å². The molecule has 0 N–H and O–H groups in total. The Balaban J connectivity index is 1.54. The van der Waals surface area contributed by atoms with Crippen molar-refractivity contribution in [2.45, 2.75) is 18.9 Å². The number of amides is 1. The molecule has 4 rings (SSSR count). The Hall–Kier alpha value is -3.15. The number of carbonyl (C=O) groups excluding carboxylic acids is 1. The number of nitrogens with zero attached hydrogens (tertiary/aromatic N) is 4. The van der Waals surface area contributed by atoms with Crippen LogP contribution in [0.15, 0.2) is 61.3 Å². The van der Waals surface area contributed by atoms with E-state index in [2.05, 4.69) is 9.97 Å². The van der Waals surface area contributed by atoms with E-state index in [1.54, 1.807) is 25.8 Å². The molecule has 1 saturated heterocycles. The highest BCUT2D eigenvalue weighted by molar-refractivity contribution is 5.94. The number of rotatable bonds is 4. The SMILES string of the molecule is COc1ccc(C2CCCN2C(=O)c2ccc(-n3ccnc3)nc2)cc1. The maximum atomic E-state index is 13.0. The Morgan fingerprint density at radius 2 is 2.04 bits per heavy atom. The van der Waals surface area contributed by atoms with E-state index in [1.807, 2.05) is 52.1 Å². The van der Waals surface area contributed by atoms with E-state index in [0.717, 1.165) is 36.5 Å². The quantitative estimate of drug-likeness (QED) is 0.726. The molecular weight excluding hydrogens is 328 g/mol. The summed E-state index contributed by atoms with van der Waals surface area (Å²) in [5.41, 5.74) is 1.74.